The third-order valence-electron chi connectivity index (χ3n) is 0. The van der Waals surface area contributed by atoms with Crippen LogP contribution in [-0.4, -0.2) is 48.9 Å². The summed E-state index contributed by atoms with van der Waals surface area (Å²) < 4.78 is 9.17. The molecule has 0 amide bonds. The van der Waals surface area contributed by atoms with Gasteiger partial charge < -0.3 is 4.48 Å². The molecule has 0 unspecified atom stereocenters. The van der Waals surface area contributed by atoms with E-state index in [0.29, 0.717) is 0 Å². The molecule has 0 aromatic rings. The van der Waals surface area contributed by atoms with Crippen LogP contribution in [-0.2, 0) is 3.80 Å². The van der Waals surface area contributed by atoms with E-state index >= 15 is 0 Å². The average molecular weight is 154 g/mol. The Kier molecular flexibility index (Phi) is 15.0. The summed E-state index contributed by atoms with van der Waals surface area (Å²) in [6, 6.07) is 0. The molecule has 1 radical (unpaired) electrons. The van der Waals surface area contributed by atoms with Crippen LogP contribution in [0.3, 0.4) is 0 Å². The number of halogens is 1. The third-order valence-corrected chi connectivity index (χ3v) is 0. The average Bonchev–Trinajstić information content (AvgIpc) is 1.36. The van der Waals surface area contributed by atoms with E-state index in [1.165, 1.54) is 16.2 Å². The molecule has 0 bridgehead atoms. The molecule has 0 N–H and O–H groups in total. The van der Waals surface area contributed by atoms with Gasteiger partial charge >= 0.3 is 20.0 Å². The summed E-state index contributed by atoms with van der Waals surface area (Å²) in [5, 5.41) is 0. The van der Waals surface area contributed by atoms with Crippen LogP contribution in [0.25, 0.3) is 0 Å². The Morgan fingerprint density at radius 1 is 1.00 bits per heavy atom. The molecule has 4 heteroatoms. The van der Waals surface area contributed by atoms with Gasteiger partial charge in [0.05, 0.1) is 28.2 Å². The van der Waals surface area contributed by atoms with Crippen molar-refractivity contribution in [3.8, 4) is 0 Å². The van der Waals surface area contributed by atoms with Crippen molar-refractivity contribution in [3.63, 3.8) is 0 Å². The van der Waals surface area contributed by atoms with Gasteiger partial charge in [-0.3, -0.25) is 0 Å². The quantitative estimate of drug-likeness (QED) is 0.360. The number of rotatable bonds is 0. The van der Waals surface area contributed by atoms with Gasteiger partial charge in [0.1, 0.15) is 0 Å². The van der Waals surface area contributed by atoms with Crippen LogP contribution in [0.5, 0.6) is 0 Å². The molecule has 8 heavy (non-hydrogen) atoms. The summed E-state index contributed by atoms with van der Waals surface area (Å²) in [5.74, 6) is 0. The number of hydrogen-bond acceptors (Lipinski definition) is 1. The fourth-order valence-electron chi connectivity index (χ4n) is 0. The van der Waals surface area contributed by atoms with Crippen LogP contribution in [0.1, 0.15) is 0 Å². The van der Waals surface area contributed by atoms with Crippen molar-refractivity contribution in [1.29, 1.82) is 0 Å². The zero-order chi connectivity index (χ0) is 6.50. The zero-order valence-electron chi connectivity index (χ0n) is 5.84. The standard InChI is InChI=1S/C4H12N.Al.ClH.O/c1-5(2,3)4;;;/h1-4H3;;1H;/q+1;;;. The van der Waals surface area contributed by atoms with Crippen LogP contribution >= 0.6 is 12.4 Å². The second kappa shape index (κ2) is 7.58. The fraction of sp³-hybridized carbons (Fsp3) is 1.00. The Balaban J connectivity index is -0.0000000750. The van der Waals surface area contributed by atoms with Gasteiger partial charge in [0.2, 0.25) is 0 Å². The molecule has 0 rings (SSSR count). The molecule has 2 nitrogen and oxygen atoms in total. The summed E-state index contributed by atoms with van der Waals surface area (Å²) in [7, 11) is 8.50. The predicted molar refractivity (Wildman–Crippen MR) is 37.6 cm³/mol. The van der Waals surface area contributed by atoms with E-state index in [1.54, 1.807) is 0 Å². The van der Waals surface area contributed by atoms with E-state index in [-0.39, 0.29) is 12.4 Å². The summed E-state index contributed by atoms with van der Waals surface area (Å²) in [6.45, 7) is 0. The molecule has 0 atom stereocenters. The summed E-state index contributed by atoms with van der Waals surface area (Å²) in [6.07, 6.45) is 0. The van der Waals surface area contributed by atoms with Gasteiger partial charge in [0.15, 0.2) is 0 Å². The van der Waals surface area contributed by atoms with Crippen LogP contribution in [0.4, 0.5) is 0 Å². The Morgan fingerprint density at radius 2 is 1.00 bits per heavy atom. The van der Waals surface area contributed by atoms with Gasteiger partial charge in [-0.2, -0.15) is 0 Å². The van der Waals surface area contributed by atoms with Gasteiger partial charge in [0.25, 0.3) is 0 Å². The van der Waals surface area contributed by atoms with Crippen molar-refractivity contribution in [2.24, 2.45) is 0 Å². The molecule has 0 aliphatic rings. The minimum atomic E-state index is 0. The van der Waals surface area contributed by atoms with Crippen LogP contribution in [0.2, 0.25) is 0 Å². The number of quaternary nitrogens is 1. The van der Waals surface area contributed by atoms with Crippen molar-refractivity contribution < 1.29 is 8.29 Å². The van der Waals surface area contributed by atoms with E-state index in [9.17, 15) is 0 Å². The van der Waals surface area contributed by atoms with Crippen LogP contribution in [0, 0.1) is 0 Å². The molecule has 0 heterocycles. The van der Waals surface area contributed by atoms with E-state index in [2.05, 4.69) is 28.2 Å². The molecular formula is C4H13AlClNO+. The van der Waals surface area contributed by atoms with Crippen molar-refractivity contribution in [1.82, 2.24) is 0 Å². The van der Waals surface area contributed by atoms with E-state index in [1.807, 2.05) is 0 Å². The Hall–Kier alpha value is 0.582. The third kappa shape index (κ3) is 605. The van der Waals surface area contributed by atoms with Crippen molar-refractivity contribution in [2.45, 2.75) is 0 Å². The monoisotopic (exact) mass is 153 g/mol. The minimum absolute atomic E-state index is 0. The Labute approximate surface area is 65.5 Å². The van der Waals surface area contributed by atoms with Gasteiger partial charge in [-0.1, -0.05) is 0 Å². The molecule has 0 saturated carbocycles. The van der Waals surface area contributed by atoms with Gasteiger partial charge in [0, 0.05) is 0 Å². The number of hydrogen-bond donors (Lipinski definition) is 0. The molecule has 0 saturated heterocycles. The maximum atomic E-state index is 8.17. The van der Waals surface area contributed by atoms with Crippen molar-refractivity contribution >= 4 is 28.6 Å². The molecule has 0 fully saturated rings. The summed E-state index contributed by atoms with van der Waals surface area (Å²) >= 11 is 1.17. The predicted octanol–water partition coefficient (Wildman–Crippen LogP) is 0.245. The van der Waals surface area contributed by atoms with E-state index in [4.69, 9.17) is 3.80 Å². The number of nitrogens with zero attached hydrogens (tertiary/aromatic N) is 1. The Morgan fingerprint density at radius 3 is 1.00 bits per heavy atom. The topological polar surface area (TPSA) is 17.1 Å². The van der Waals surface area contributed by atoms with Crippen molar-refractivity contribution in [2.75, 3.05) is 28.2 Å². The van der Waals surface area contributed by atoms with Crippen LogP contribution in [0.15, 0.2) is 0 Å². The first-order valence-corrected chi connectivity index (χ1v) is 2.50. The normalized spacial score (nSPS) is 7.88. The second-order valence-electron chi connectivity index (χ2n) is 2.68. The SMILES string of the molecule is C[N+](C)(C)C.Cl.[O]=[Al]. The molecule has 0 aliphatic heterocycles. The zero-order valence-corrected chi connectivity index (χ0v) is 7.81. The fourth-order valence-corrected chi connectivity index (χ4v) is 0. The molecular weight excluding hydrogens is 140 g/mol. The summed E-state index contributed by atoms with van der Waals surface area (Å²) in [4.78, 5) is 0. The maximum absolute atomic E-state index is 8.17. The van der Waals surface area contributed by atoms with Crippen LogP contribution < -0.4 is 0 Å². The van der Waals surface area contributed by atoms with Crippen molar-refractivity contribution in [3.05, 3.63) is 0 Å². The molecule has 49 valence electrons. The first-order chi connectivity index (χ1) is 3.00. The first kappa shape index (κ1) is 15.8. The van der Waals surface area contributed by atoms with Gasteiger partial charge in [-0.05, 0) is 0 Å². The van der Waals surface area contributed by atoms with Gasteiger partial charge in [-0.25, -0.2) is 0 Å². The molecule has 0 spiro atoms. The van der Waals surface area contributed by atoms with Gasteiger partial charge in [-0.15, -0.1) is 12.4 Å². The molecule has 0 aromatic heterocycles. The second-order valence-corrected chi connectivity index (χ2v) is 2.68. The van der Waals surface area contributed by atoms with E-state index < -0.39 is 0 Å². The first-order valence-electron chi connectivity index (χ1n) is 2.02. The Bertz CT molecular complexity index is 39.8. The van der Waals surface area contributed by atoms with E-state index in [0.717, 1.165) is 4.48 Å². The molecule has 0 aliphatic carbocycles. The molecule has 0 aromatic carbocycles. The summed E-state index contributed by atoms with van der Waals surface area (Å²) in [5.41, 5.74) is 0.